The zero-order valence-electron chi connectivity index (χ0n) is 13.1. The maximum atomic E-state index is 12.4. The van der Waals surface area contributed by atoms with Crippen molar-refractivity contribution in [1.29, 1.82) is 0 Å². The smallest absolute Gasteiger partial charge is 0.295 e. The topological polar surface area (TPSA) is 65.1 Å². The van der Waals surface area contributed by atoms with E-state index in [1.807, 2.05) is 30.3 Å². The Labute approximate surface area is 139 Å². The highest BCUT2D eigenvalue weighted by molar-refractivity contribution is 6.04. The number of amides is 1. The number of rotatable bonds is 7. The fourth-order valence-electron chi connectivity index (χ4n) is 2.56. The Morgan fingerprint density at radius 1 is 1.08 bits per heavy atom. The Hall–Kier alpha value is -2.86. The summed E-state index contributed by atoms with van der Waals surface area (Å²) in [5.41, 5.74) is 1.56. The van der Waals surface area contributed by atoms with Crippen LogP contribution in [0.1, 0.15) is 5.56 Å². The summed E-state index contributed by atoms with van der Waals surface area (Å²) in [6.45, 7) is 0.596. The maximum absolute atomic E-state index is 12.4. The molecule has 6 nitrogen and oxygen atoms in total. The van der Waals surface area contributed by atoms with Crippen LogP contribution in [0, 0.1) is 0 Å². The molecule has 2 atom stereocenters. The molecule has 0 aliphatic carbocycles. The third-order valence-electron chi connectivity index (χ3n) is 3.81. The van der Waals surface area contributed by atoms with Gasteiger partial charge in [0.2, 0.25) is 6.23 Å². The largest absolute Gasteiger partial charge is 0.497 e. The minimum Gasteiger partial charge on any atom is -0.497 e. The van der Waals surface area contributed by atoms with Crippen LogP contribution in [0.3, 0.4) is 0 Å². The molecule has 1 heterocycles. The van der Waals surface area contributed by atoms with Crippen LogP contribution in [0.25, 0.3) is 0 Å². The molecule has 6 heteroatoms. The van der Waals surface area contributed by atoms with Gasteiger partial charge in [0.15, 0.2) is 6.10 Å². The van der Waals surface area contributed by atoms with E-state index in [0.717, 1.165) is 5.56 Å². The van der Waals surface area contributed by atoms with E-state index in [9.17, 15) is 9.59 Å². The average Bonchev–Trinajstić information content (AvgIpc) is 2.63. The van der Waals surface area contributed by atoms with Gasteiger partial charge in [-0.15, -0.1) is 0 Å². The van der Waals surface area contributed by atoms with Crippen LogP contribution in [0.15, 0.2) is 54.6 Å². The van der Waals surface area contributed by atoms with Gasteiger partial charge >= 0.3 is 0 Å². The van der Waals surface area contributed by atoms with Crippen molar-refractivity contribution in [3.8, 4) is 5.75 Å². The Morgan fingerprint density at radius 3 is 2.42 bits per heavy atom. The molecule has 1 saturated heterocycles. The first-order valence-electron chi connectivity index (χ1n) is 7.46. The lowest BCUT2D eigenvalue weighted by Gasteiger charge is -2.44. The average molecular weight is 327 g/mol. The van der Waals surface area contributed by atoms with E-state index in [1.54, 1.807) is 31.4 Å². The van der Waals surface area contributed by atoms with Crippen LogP contribution in [0.4, 0.5) is 5.69 Å². The molecule has 1 aliphatic rings. The second-order valence-electron chi connectivity index (χ2n) is 5.25. The molecule has 0 radical (unpaired) electrons. The van der Waals surface area contributed by atoms with E-state index in [0.29, 0.717) is 17.9 Å². The first-order valence-corrected chi connectivity index (χ1v) is 7.46. The summed E-state index contributed by atoms with van der Waals surface area (Å²) < 4.78 is 15.8. The Kier molecular flexibility index (Phi) is 4.77. The zero-order chi connectivity index (χ0) is 16.9. The van der Waals surface area contributed by atoms with Crippen LogP contribution in [-0.2, 0) is 25.7 Å². The van der Waals surface area contributed by atoms with E-state index in [2.05, 4.69) is 0 Å². The molecule has 0 bridgehead atoms. The molecule has 0 saturated carbocycles. The van der Waals surface area contributed by atoms with Crippen molar-refractivity contribution in [2.24, 2.45) is 0 Å². The van der Waals surface area contributed by atoms with Gasteiger partial charge < -0.3 is 14.2 Å². The normalized spacial score (nSPS) is 19.5. The third kappa shape index (κ3) is 3.09. The fourth-order valence-corrected chi connectivity index (χ4v) is 2.56. The van der Waals surface area contributed by atoms with Crippen molar-refractivity contribution in [3.63, 3.8) is 0 Å². The molecule has 1 aliphatic heterocycles. The number of carbonyl (C=O) groups is 2. The van der Waals surface area contributed by atoms with E-state index in [4.69, 9.17) is 14.2 Å². The predicted molar refractivity (Wildman–Crippen MR) is 86.4 cm³/mol. The molecule has 1 amide bonds. The summed E-state index contributed by atoms with van der Waals surface area (Å²) in [4.78, 5) is 24.6. The van der Waals surface area contributed by atoms with E-state index >= 15 is 0 Å². The lowest BCUT2D eigenvalue weighted by atomic mass is 10.1. The molecule has 124 valence electrons. The van der Waals surface area contributed by atoms with Crippen LogP contribution in [0.5, 0.6) is 5.75 Å². The van der Waals surface area contributed by atoms with Crippen molar-refractivity contribution in [3.05, 3.63) is 60.2 Å². The number of methoxy groups -OCH3 is 1. The molecule has 2 aromatic carbocycles. The van der Waals surface area contributed by atoms with Gasteiger partial charge in [-0.2, -0.15) is 0 Å². The van der Waals surface area contributed by atoms with Crippen molar-refractivity contribution in [1.82, 2.24) is 0 Å². The van der Waals surface area contributed by atoms with Gasteiger partial charge in [-0.25, -0.2) is 0 Å². The van der Waals surface area contributed by atoms with Gasteiger partial charge in [-0.05, 0) is 29.8 Å². The molecule has 2 aromatic rings. The van der Waals surface area contributed by atoms with Crippen LogP contribution < -0.4 is 9.64 Å². The first kappa shape index (κ1) is 16.0. The summed E-state index contributed by atoms with van der Waals surface area (Å²) in [5, 5.41) is 0. The molecular weight excluding hydrogens is 310 g/mol. The van der Waals surface area contributed by atoms with E-state index in [1.165, 1.54) is 4.90 Å². The monoisotopic (exact) mass is 327 g/mol. The van der Waals surface area contributed by atoms with Crippen molar-refractivity contribution < 1.29 is 23.8 Å². The summed E-state index contributed by atoms with van der Waals surface area (Å²) in [6.07, 6.45) is -1.58. The highest BCUT2D eigenvalue weighted by Gasteiger charge is 2.51. The summed E-state index contributed by atoms with van der Waals surface area (Å²) in [7, 11) is 1.57. The second-order valence-corrected chi connectivity index (χ2v) is 5.25. The molecular formula is C18H17NO5. The Bertz CT molecular complexity index is 701. The number of ether oxygens (including phenoxy) is 3. The summed E-state index contributed by atoms with van der Waals surface area (Å²) in [6, 6.07) is 16.4. The number of nitrogens with zero attached hydrogens (tertiary/aromatic N) is 1. The molecule has 3 rings (SSSR count). The first-order chi connectivity index (χ1) is 11.7. The van der Waals surface area contributed by atoms with Gasteiger partial charge in [0.05, 0.1) is 13.7 Å². The second kappa shape index (κ2) is 7.14. The van der Waals surface area contributed by atoms with Gasteiger partial charge in [0.25, 0.3) is 12.4 Å². The number of anilines is 1. The molecule has 1 fully saturated rings. The van der Waals surface area contributed by atoms with Gasteiger partial charge in [0.1, 0.15) is 5.75 Å². The minimum absolute atomic E-state index is 0.247. The van der Waals surface area contributed by atoms with Crippen molar-refractivity contribution in [2.45, 2.75) is 18.9 Å². The Morgan fingerprint density at radius 2 is 1.79 bits per heavy atom. The molecule has 0 unspecified atom stereocenters. The molecule has 24 heavy (non-hydrogen) atoms. The van der Waals surface area contributed by atoms with Crippen LogP contribution >= 0.6 is 0 Å². The van der Waals surface area contributed by atoms with E-state index < -0.39 is 12.3 Å². The molecule has 0 N–H and O–H groups in total. The van der Waals surface area contributed by atoms with Crippen molar-refractivity contribution >= 4 is 18.1 Å². The number of hydrogen-bond donors (Lipinski definition) is 0. The lowest BCUT2D eigenvalue weighted by Crippen LogP contribution is -2.67. The lowest BCUT2D eigenvalue weighted by molar-refractivity contribution is -0.169. The predicted octanol–water partition coefficient (Wildman–Crippen LogP) is 2.13. The van der Waals surface area contributed by atoms with E-state index in [-0.39, 0.29) is 12.5 Å². The van der Waals surface area contributed by atoms with Crippen LogP contribution in [0.2, 0.25) is 0 Å². The minimum atomic E-state index is -0.808. The van der Waals surface area contributed by atoms with Gasteiger partial charge in [-0.3, -0.25) is 14.5 Å². The standard InChI is InChI=1S/C18H17NO5/c1-22-15-9-7-14(8-10-15)19-17(21)16(18(19)24-12-20)23-11-13-5-3-2-4-6-13/h2-10,12,16,18H,11H2,1H3/t16-,18-/m0/s1. The molecule has 0 aromatic heterocycles. The van der Waals surface area contributed by atoms with Gasteiger partial charge in [-0.1, -0.05) is 30.3 Å². The number of hydrogen-bond acceptors (Lipinski definition) is 5. The fraction of sp³-hybridized carbons (Fsp3) is 0.222. The number of β-lactam (4-membered cyclic amide) rings is 1. The van der Waals surface area contributed by atoms with Crippen molar-refractivity contribution in [2.75, 3.05) is 12.0 Å². The number of benzene rings is 2. The summed E-state index contributed by atoms with van der Waals surface area (Å²) >= 11 is 0. The van der Waals surface area contributed by atoms with Crippen LogP contribution in [-0.4, -0.2) is 31.8 Å². The van der Waals surface area contributed by atoms with Gasteiger partial charge in [0, 0.05) is 5.69 Å². The highest BCUT2D eigenvalue weighted by Crippen LogP contribution is 2.32. The zero-order valence-corrected chi connectivity index (χ0v) is 13.1. The Balaban J connectivity index is 1.70. The SMILES string of the molecule is COc1ccc(N2C(=O)[C@H](OCc3ccccc3)[C@@H]2OC=O)cc1. The maximum Gasteiger partial charge on any atom is 0.295 e. The third-order valence-corrected chi connectivity index (χ3v) is 3.81. The summed E-state index contributed by atoms with van der Waals surface area (Å²) in [5.74, 6) is 0.430. The quantitative estimate of drug-likeness (QED) is 0.576. The highest BCUT2D eigenvalue weighted by atomic mass is 16.6. The molecule has 0 spiro atoms. The number of carbonyl (C=O) groups excluding carboxylic acids is 2.